The highest BCUT2D eigenvalue weighted by molar-refractivity contribution is 5.43. The first kappa shape index (κ1) is 13.6. The van der Waals surface area contributed by atoms with Gasteiger partial charge >= 0.3 is 0 Å². The van der Waals surface area contributed by atoms with Crippen LogP contribution in [0.5, 0.6) is 0 Å². The molecule has 0 unspecified atom stereocenters. The smallest absolute Gasteiger partial charge is 0.115 e. The second-order valence-electron chi connectivity index (χ2n) is 8.19. The molecular weight excluding hydrogens is 258 g/mol. The van der Waals surface area contributed by atoms with Crippen molar-refractivity contribution in [1.29, 1.82) is 0 Å². The van der Waals surface area contributed by atoms with Gasteiger partial charge in [0.15, 0.2) is 0 Å². The van der Waals surface area contributed by atoms with Crippen molar-refractivity contribution in [3.63, 3.8) is 0 Å². The van der Waals surface area contributed by atoms with Crippen molar-refractivity contribution >= 4 is 0 Å². The van der Waals surface area contributed by atoms with E-state index in [1.165, 1.54) is 37.7 Å². The van der Waals surface area contributed by atoms with Crippen LogP contribution in [0.3, 0.4) is 0 Å². The van der Waals surface area contributed by atoms with E-state index in [2.05, 4.69) is 26.0 Å². The molecule has 0 spiro atoms. The fraction of sp³-hybridized carbons (Fsp3) is 0.684. The first-order valence-corrected chi connectivity index (χ1v) is 8.51. The minimum Gasteiger partial charge on any atom is -0.508 e. The van der Waals surface area contributed by atoms with Crippen LogP contribution in [-0.4, -0.2) is 11.1 Å². The number of hydrogen-bond acceptors (Lipinski definition) is 2. The van der Waals surface area contributed by atoms with Gasteiger partial charge < -0.3 is 10.8 Å². The van der Waals surface area contributed by atoms with Crippen molar-refractivity contribution in [2.45, 2.75) is 52.0 Å². The van der Waals surface area contributed by atoms with Gasteiger partial charge in [0.05, 0.1) is 0 Å². The molecule has 2 saturated carbocycles. The molecule has 3 N–H and O–H groups in total. The number of aliphatic hydroxyl groups excluding tert-OH is 1. The second-order valence-corrected chi connectivity index (χ2v) is 8.19. The molecule has 4 aliphatic carbocycles. The van der Waals surface area contributed by atoms with E-state index in [0.717, 1.165) is 11.8 Å². The van der Waals surface area contributed by atoms with Gasteiger partial charge in [0.25, 0.3) is 0 Å². The van der Waals surface area contributed by atoms with Gasteiger partial charge in [0.1, 0.15) is 5.76 Å². The molecule has 2 fully saturated rings. The van der Waals surface area contributed by atoms with Gasteiger partial charge in [0.2, 0.25) is 0 Å². The van der Waals surface area contributed by atoms with Crippen LogP contribution in [-0.2, 0) is 0 Å². The Labute approximate surface area is 127 Å². The Hall–Kier alpha value is -1.02. The highest BCUT2D eigenvalue weighted by Crippen LogP contribution is 2.63. The summed E-state index contributed by atoms with van der Waals surface area (Å²) < 4.78 is 0. The van der Waals surface area contributed by atoms with Crippen LogP contribution >= 0.6 is 0 Å². The van der Waals surface area contributed by atoms with E-state index in [1.807, 2.05) is 12.2 Å². The Morgan fingerprint density at radius 2 is 2.00 bits per heavy atom. The third kappa shape index (κ3) is 1.69. The maximum Gasteiger partial charge on any atom is 0.115 e. The van der Waals surface area contributed by atoms with Crippen LogP contribution in [0.2, 0.25) is 0 Å². The van der Waals surface area contributed by atoms with Gasteiger partial charge in [-0.15, -0.1) is 0 Å². The van der Waals surface area contributed by atoms with Gasteiger partial charge in [0, 0.05) is 11.5 Å². The van der Waals surface area contributed by atoms with Crippen molar-refractivity contribution < 1.29 is 5.11 Å². The predicted molar refractivity (Wildman–Crippen MR) is 85.7 cm³/mol. The minimum absolute atomic E-state index is 0.114. The quantitative estimate of drug-likeness (QED) is 0.703. The fourth-order valence-corrected chi connectivity index (χ4v) is 6.00. The lowest BCUT2D eigenvalue weighted by Gasteiger charge is -2.55. The predicted octanol–water partition coefficient (Wildman–Crippen LogP) is 4.10. The summed E-state index contributed by atoms with van der Waals surface area (Å²) in [5, 5.41) is 9.80. The zero-order valence-electron chi connectivity index (χ0n) is 13.2. The SMILES string of the molecule is C[C@]12CC[C@H]3[C@@H](CC=C4C=C(O)C=C[C@@]43C)[C@@H]1CC[C@@H]2N. The van der Waals surface area contributed by atoms with Crippen molar-refractivity contribution in [1.82, 2.24) is 0 Å². The van der Waals surface area contributed by atoms with Crippen LogP contribution in [0.25, 0.3) is 0 Å². The number of hydrogen-bond donors (Lipinski definition) is 2. The molecule has 0 heterocycles. The van der Waals surface area contributed by atoms with Crippen LogP contribution < -0.4 is 5.73 Å². The zero-order valence-corrected chi connectivity index (χ0v) is 13.2. The van der Waals surface area contributed by atoms with E-state index < -0.39 is 0 Å². The van der Waals surface area contributed by atoms with E-state index in [4.69, 9.17) is 5.73 Å². The molecule has 6 atom stereocenters. The van der Waals surface area contributed by atoms with Crippen LogP contribution in [0.1, 0.15) is 46.0 Å². The maximum atomic E-state index is 9.80. The first-order chi connectivity index (χ1) is 9.95. The molecular formula is C19H27NO. The molecule has 2 nitrogen and oxygen atoms in total. The molecule has 0 aromatic rings. The maximum absolute atomic E-state index is 9.80. The summed E-state index contributed by atoms with van der Waals surface area (Å²) in [7, 11) is 0. The summed E-state index contributed by atoms with van der Waals surface area (Å²) in [4.78, 5) is 0. The lowest BCUT2D eigenvalue weighted by Crippen LogP contribution is -2.51. The van der Waals surface area contributed by atoms with Gasteiger partial charge in [-0.3, -0.25) is 0 Å². The summed E-state index contributed by atoms with van der Waals surface area (Å²) in [6.45, 7) is 4.81. The van der Waals surface area contributed by atoms with Gasteiger partial charge in [-0.1, -0.05) is 26.0 Å². The Balaban J connectivity index is 1.73. The molecule has 4 rings (SSSR count). The highest BCUT2D eigenvalue weighted by Gasteiger charge is 2.56. The first-order valence-electron chi connectivity index (χ1n) is 8.51. The molecule has 0 aromatic carbocycles. The van der Waals surface area contributed by atoms with Gasteiger partial charge in [-0.25, -0.2) is 0 Å². The minimum atomic E-state index is 0.114. The van der Waals surface area contributed by atoms with E-state index >= 15 is 0 Å². The normalized spacial score (nSPS) is 51.6. The van der Waals surface area contributed by atoms with Crippen molar-refractivity contribution in [3.8, 4) is 0 Å². The zero-order chi connectivity index (χ0) is 14.8. The van der Waals surface area contributed by atoms with Crippen LogP contribution in [0.4, 0.5) is 0 Å². The average molecular weight is 285 g/mol. The number of allylic oxidation sites excluding steroid dienone is 5. The van der Waals surface area contributed by atoms with Crippen molar-refractivity contribution in [2.24, 2.45) is 34.3 Å². The molecule has 114 valence electrons. The Bertz CT molecular complexity index is 560. The largest absolute Gasteiger partial charge is 0.508 e. The molecule has 0 radical (unpaired) electrons. The van der Waals surface area contributed by atoms with E-state index in [9.17, 15) is 5.11 Å². The number of fused-ring (bicyclic) bond motifs is 5. The lowest BCUT2D eigenvalue weighted by molar-refractivity contribution is -0.00633. The Kier molecular flexibility index (Phi) is 2.76. The summed E-state index contributed by atoms with van der Waals surface area (Å²) in [5.41, 5.74) is 8.26. The van der Waals surface area contributed by atoms with Gasteiger partial charge in [-0.2, -0.15) is 0 Å². The summed E-state index contributed by atoms with van der Waals surface area (Å²) in [6, 6.07) is 0.396. The fourth-order valence-electron chi connectivity index (χ4n) is 6.00. The third-order valence-corrected chi connectivity index (χ3v) is 7.42. The van der Waals surface area contributed by atoms with E-state index in [1.54, 1.807) is 0 Å². The summed E-state index contributed by atoms with van der Waals surface area (Å²) in [6.07, 6.45) is 14.7. The molecule has 0 aliphatic heterocycles. The molecule has 0 amide bonds. The molecule has 0 bridgehead atoms. The van der Waals surface area contributed by atoms with E-state index in [0.29, 0.717) is 23.1 Å². The highest BCUT2D eigenvalue weighted by atomic mass is 16.3. The topological polar surface area (TPSA) is 46.2 Å². The van der Waals surface area contributed by atoms with Crippen LogP contribution in [0.15, 0.2) is 35.6 Å². The Morgan fingerprint density at radius 1 is 1.19 bits per heavy atom. The lowest BCUT2D eigenvalue weighted by atomic mass is 9.49. The van der Waals surface area contributed by atoms with Crippen molar-refractivity contribution in [3.05, 3.63) is 35.6 Å². The second kappa shape index (κ2) is 4.25. The molecule has 4 aliphatic rings. The van der Waals surface area contributed by atoms with Gasteiger partial charge in [-0.05, 0) is 73.0 Å². The Morgan fingerprint density at radius 3 is 2.81 bits per heavy atom. The van der Waals surface area contributed by atoms with Crippen LogP contribution in [0, 0.1) is 28.6 Å². The molecule has 2 heteroatoms. The average Bonchev–Trinajstić information content (AvgIpc) is 2.76. The summed E-state index contributed by atoms with van der Waals surface area (Å²) in [5.74, 6) is 2.67. The summed E-state index contributed by atoms with van der Waals surface area (Å²) >= 11 is 0. The number of nitrogens with two attached hydrogens (primary N) is 1. The van der Waals surface area contributed by atoms with Crippen molar-refractivity contribution in [2.75, 3.05) is 0 Å². The molecule has 0 aromatic heterocycles. The molecule has 21 heavy (non-hydrogen) atoms. The monoisotopic (exact) mass is 285 g/mol. The van der Waals surface area contributed by atoms with E-state index in [-0.39, 0.29) is 5.41 Å². The molecule has 0 saturated heterocycles. The number of aliphatic hydroxyl groups is 1. The number of rotatable bonds is 0. The third-order valence-electron chi connectivity index (χ3n) is 7.42. The standard InChI is InChI=1S/C19H27NO/c1-18-9-7-13(21)11-12(18)3-4-14-15-5-6-17(20)19(15,2)10-8-16(14)18/h3,7,9,11,14-17,21H,4-6,8,10,20H2,1-2H3/t14-,15-,16-,17-,18-,19-/m0/s1.